The first kappa shape index (κ1) is 27.9. The van der Waals surface area contributed by atoms with E-state index < -0.39 is 29.4 Å². The first-order chi connectivity index (χ1) is 17.1. The van der Waals surface area contributed by atoms with E-state index in [0.29, 0.717) is 27.6 Å². The number of carbonyl (C=O) groups is 3. The number of pyridine rings is 1. The topological polar surface area (TPSA) is 113 Å². The van der Waals surface area contributed by atoms with Gasteiger partial charge in [-0.15, -0.1) is 0 Å². The van der Waals surface area contributed by atoms with Gasteiger partial charge in [0, 0.05) is 5.02 Å². The molecule has 1 aromatic carbocycles. The number of aryl methyl sites for hydroxylation is 1. The van der Waals surface area contributed by atoms with E-state index in [1.165, 1.54) is 13.2 Å². The molecule has 0 saturated heterocycles. The van der Waals surface area contributed by atoms with Crippen molar-refractivity contribution < 1.29 is 28.6 Å². The summed E-state index contributed by atoms with van der Waals surface area (Å²) in [7, 11) is 1.29. The third-order valence-electron chi connectivity index (χ3n) is 4.95. The molecular formula is C26H31ClN4O6. The molecule has 0 radical (unpaired) electrons. The highest BCUT2D eigenvalue weighted by molar-refractivity contribution is 6.32. The molecule has 3 aromatic rings. The highest BCUT2D eigenvalue weighted by Gasteiger charge is 2.33. The highest BCUT2D eigenvalue weighted by Crippen LogP contribution is 2.28. The number of esters is 1. The number of aromatic nitrogens is 3. The predicted molar refractivity (Wildman–Crippen MR) is 139 cm³/mol. The van der Waals surface area contributed by atoms with E-state index in [1.54, 1.807) is 65.8 Å². The Kier molecular flexibility index (Phi) is 7.83. The molecule has 0 saturated carbocycles. The Morgan fingerprint density at radius 2 is 1.54 bits per heavy atom. The lowest BCUT2D eigenvalue weighted by Crippen LogP contribution is -2.43. The summed E-state index contributed by atoms with van der Waals surface area (Å²) >= 11 is 6.61. The van der Waals surface area contributed by atoms with Crippen LogP contribution >= 0.6 is 11.6 Å². The quantitative estimate of drug-likeness (QED) is 0.302. The molecule has 0 N–H and O–H groups in total. The monoisotopic (exact) mass is 530 g/mol. The third-order valence-corrected chi connectivity index (χ3v) is 5.30. The predicted octanol–water partition coefficient (Wildman–Crippen LogP) is 5.90. The molecule has 2 amide bonds. The first-order valence-electron chi connectivity index (χ1n) is 11.6. The number of nitrogens with zero attached hydrogens (tertiary/aromatic N) is 4. The summed E-state index contributed by atoms with van der Waals surface area (Å²) in [4.78, 5) is 47.6. The van der Waals surface area contributed by atoms with Gasteiger partial charge >= 0.3 is 18.2 Å². The number of benzene rings is 1. The van der Waals surface area contributed by atoms with Crippen LogP contribution in [-0.4, -0.2) is 51.0 Å². The van der Waals surface area contributed by atoms with Gasteiger partial charge in [-0.3, -0.25) is 0 Å². The Labute approximate surface area is 220 Å². The van der Waals surface area contributed by atoms with Gasteiger partial charge in [0.2, 0.25) is 0 Å². The first-order valence-corrected chi connectivity index (χ1v) is 11.9. The van der Waals surface area contributed by atoms with Crippen molar-refractivity contribution in [2.75, 3.05) is 12.0 Å². The van der Waals surface area contributed by atoms with Gasteiger partial charge < -0.3 is 18.8 Å². The Balaban J connectivity index is 1.99. The number of hydrogen-bond acceptors (Lipinski definition) is 8. The van der Waals surface area contributed by atoms with Gasteiger partial charge in [-0.1, -0.05) is 17.7 Å². The van der Waals surface area contributed by atoms with Crippen LogP contribution in [0.5, 0.6) is 0 Å². The maximum Gasteiger partial charge on any atom is 0.424 e. The lowest BCUT2D eigenvalue weighted by Gasteiger charge is -2.28. The zero-order valence-corrected chi connectivity index (χ0v) is 23.0. The second-order valence-electron chi connectivity index (χ2n) is 10.3. The number of amides is 2. The maximum absolute atomic E-state index is 12.9. The normalized spacial score (nSPS) is 11.8. The minimum absolute atomic E-state index is 0.156. The van der Waals surface area contributed by atoms with Crippen LogP contribution in [0, 0.1) is 6.92 Å². The van der Waals surface area contributed by atoms with E-state index in [2.05, 4.69) is 9.97 Å². The van der Waals surface area contributed by atoms with Gasteiger partial charge in [0.25, 0.3) is 0 Å². The van der Waals surface area contributed by atoms with Crippen LogP contribution in [0.1, 0.15) is 63.4 Å². The SMILES string of the molecule is COC(=O)c1ccc2nc(C)n(Cc3ccc(N(C(=O)OC(C)(C)C)C(=O)OC(C)(C)C)cc3Cl)c2n1. The molecule has 0 aliphatic carbocycles. The number of anilines is 1. The third kappa shape index (κ3) is 6.76. The fourth-order valence-corrected chi connectivity index (χ4v) is 3.63. The van der Waals surface area contributed by atoms with Crippen molar-refractivity contribution >= 4 is 46.6 Å². The van der Waals surface area contributed by atoms with Crippen LogP contribution in [0.2, 0.25) is 5.02 Å². The average Bonchev–Trinajstić information content (AvgIpc) is 3.06. The van der Waals surface area contributed by atoms with Crippen molar-refractivity contribution in [3.05, 3.63) is 52.4 Å². The van der Waals surface area contributed by atoms with E-state index in [9.17, 15) is 14.4 Å². The minimum atomic E-state index is -0.887. The number of hydrogen-bond donors (Lipinski definition) is 0. The smallest absolute Gasteiger partial charge is 0.424 e. The van der Waals surface area contributed by atoms with Crippen molar-refractivity contribution in [1.29, 1.82) is 0 Å². The van der Waals surface area contributed by atoms with Crippen LogP contribution in [0.15, 0.2) is 30.3 Å². The molecule has 10 nitrogen and oxygen atoms in total. The molecule has 0 fully saturated rings. The average molecular weight is 531 g/mol. The summed E-state index contributed by atoms with van der Waals surface area (Å²) < 4.78 is 17.4. The molecule has 2 heterocycles. The van der Waals surface area contributed by atoms with Gasteiger partial charge in [0.05, 0.1) is 19.3 Å². The second-order valence-corrected chi connectivity index (χ2v) is 10.8. The molecule has 11 heteroatoms. The number of fused-ring (bicyclic) bond motifs is 1. The molecule has 0 atom stereocenters. The van der Waals surface area contributed by atoms with Gasteiger partial charge in [-0.25, -0.2) is 24.4 Å². The molecule has 37 heavy (non-hydrogen) atoms. The standard InChI is InChI=1S/C26H31ClN4O6/c1-15-28-19-11-12-20(22(32)35-8)29-21(19)30(15)14-16-9-10-17(13-18(16)27)31(23(33)36-25(2,3)4)24(34)37-26(5,6)7/h9-13H,14H2,1-8H3. The summed E-state index contributed by atoms with van der Waals surface area (Å²) in [6, 6.07) is 8.01. The molecule has 198 valence electrons. The zero-order chi connectivity index (χ0) is 27.7. The van der Waals surface area contributed by atoms with Crippen molar-refractivity contribution in [3.8, 4) is 0 Å². The number of halogens is 1. The largest absolute Gasteiger partial charge is 0.464 e. The Hall–Kier alpha value is -3.66. The summed E-state index contributed by atoms with van der Waals surface area (Å²) in [5.74, 6) is 0.105. The number of carbonyl (C=O) groups excluding carboxylic acids is 3. The summed E-state index contributed by atoms with van der Waals surface area (Å²) in [6.07, 6.45) is -1.77. The summed E-state index contributed by atoms with van der Waals surface area (Å²) in [5.41, 5.74) is 0.447. The van der Waals surface area contributed by atoms with Crippen LogP contribution < -0.4 is 4.90 Å². The second kappa shape index (κ2) is 10.4. The molecular weight excluding hydrogens is 500 g/mol. The molecule has 0 spiro atoms. The van der Waals surface area contributed by atoms with E-state index in [4.69, 9.17) is 25.8 Å². The molecule has 0 aliphatic rings. The summed E-state index contributed by atoms with van der Waals surface area (Å²) in [6.45, 7) is 12.3. The molecule has 0 bridgehead atoms. The van der Waals surface area contributed by atoms with E-state index >= 15 is 0 Å². The van der Waals surface area contributed by atoms with Crippen LogP contribution in [0.4, 0.5) is 15.3 Å². The Morgan fingerprint density at radius 3 is 2.05 bits per heavy atom. The van der Waals surface area contributed by atoms with Crippen molar-refractivity contribution in [2.24, 2.45) is 0 Å². The fourth-order valence-electron chi connectivity index (χ4n) is 3.40. The van der Waals surface area contributed by atoms with Crippen LogP contribution in [0.25, 0.3) is 11.2 Å². The molecule has 0 aliphatic heterocycles. The van der Waals surface area contributed by atoms with Crippen molar-refractivity contribution in [1.82, 2.24) is 14.5 Å². The molecule has 2 aromatic heterocycles. The Morgan fingerprint density at radius 1 is 0.946 bits per heavy atom. The summed E-state index contributed by atoms with van der Waals surface area (Å²) in [5, 5.41) is 0.292. The molecule has 3 rings (SSSR count). The highest BCUT2D eigenvalue weighted by atomic mass is 35.5. The van der Waals surface area contributed by atoms with Crippen molar-refractivity contribution in [2.45, 2.75) is 66.2 Å². The number of imidazole rings is 1. The number of methoxy groups -OCH3 is 1. The van der Waals surface area contributed by atoms with Crippen molar-refractivity contribution in [3.63, 3.8) is 0 Å². The van der Waals surface area contributed by atoms with E-state index in [0.717, 1.165) is 4.90 Å². The van der Waals surface area contributed by atoms with E-state index in [-0.39, 0.29) is 17.9 Å². The Bertz CT molecular complexity index is 1330. The van der Waals surface area contributed by atoms with E-state index in [1.807, 2.05) is 11.5 Å². The van der Waals surface area contributed by atoms with Crippen LogP contribution in [-0.2, 0) is 20.8 Å². The minimum Gasteiger partial charge on any atom is -0.464 e. The fraction of sp³-hybridized carbons (Fsp3) is 0.423. The van der Waals surface area contributed by atoms with Crippen LogP contribution in [0.3, 0.4) is 0 Å². The van der Waals surface area contributed by atoms with Gasteiger partial charge in [-0.2, -0.15) is 4.90 Å². The number of imide groups is 1. The lowest BCUT2D eigenvalue weighted by molar-refractivity contribution is 0.0429. The lowest BCUT2D eigenvalue weighted by atomic mass is 10.2. The zero-order valence-electron chi connectivity index (χ0n) is 22.2. The van der Waals surface area contributed by atoms with Gasteiger partial charge in [0.1, 0.15) is 22.5 Å². The number of ether oxygens (including phenoxy) is 3. The van der Waals surface area contributed by atoms with Gasteiger partial charge in [0.15, 0.2) is 11.3 Å². The van der Waals surface area contributed by atoms with Gasteiger partial charge in [-0.05, 0) is 78.3 Å². The maximum atomic E-state index is 12.9. The number of rotatable bonds is 4. The molecule has 0 unspecified atom stereocenters.